The number of nitriles is 1. The molecule has 31 heavy (non-hydrogen) atoms. The van der Waals surface area contributed by atoms with Gasteiger partial charge in [0.15, 0.2) is 0 Å². The maximum absolute atomic E-state index is 11.8. The lowest BCUT2D eigenvalue weighted by Gasteiger charge is -2.17. The molecule has 0 N–H and O–H groups in total. The molecule has 154 valence electrons. The zero-order chi connectivity index (χ0) is 22.0. The van der Waals surface area contributed by atoms with Crippen molar-refractivity contribution in [2.45, 2.75) is 0 Å². The zero-order valence-electron chi connectivity index (χ0n) is 17.2. The van der Waals surface area contributed by atoms with Gasteiger partial charge in [0.1, 0.15) is 17.1 Å². The van der Waals surface area contributed by atoms with Crippen LogP contribution < -0.4 is 9.64 Å². The quantitative estimate of drug-likeness (QED) is 0.499. The zero-order valence-corrected chi connectivity index (χ0v) is 17.2. The molecule has 0 fully saturated rings. The Balaban J connectivity index is 1.91. The van der Waals surface area contributed by atoms with Gasteiger partial charge in [-0.1, -0.05) is 12.1 Å². The summed E-state index contributed by atoms with van der Waals surface area (Å²) in [6.45, 7) is 0. The van der Waals surface area contributed by atoms with E-state index in [0.29, 0.717) is 17.1 Å². The van der Waals surface area contributed by atoms with Crippen molar-refractivity contribution in [2.75, 3.05) is 26.2 Å². The van der Waals surface area contributed by atoms with Gasteiger partial charge >= 0.3 is 6.09 Å². The SMILES string of the molecule is COC(=O)N(C)c1ccc(-c2c(-c3ccc(C#N)cc3)cc(OC)c3cncn23)cn1. The molecule has 3 aromatic heterocycles. The van der Waals surface area contributed by atoms with E-state index in [2.05, 4.69) is 16.0 Å². The summed E-state index contributed by atoms with van der Waals surface area (Å²) in [4.78, 5) is 21.8. The molecule has 0 unspecified atom stereocenters. The minimum atomic E-state index is -0.500. The molecule has 0 bridgehead atoms. The number of methoxy groups -OCH3 is 2. The fraction of sp³-hybridized carbons (Fsp3) is 0.130. The summed E-state index contributed by atoms with van der Waals surface area (Å²) >= 11 is 0. The van der Waals surface area contributed by atoms with E-state index in [1.165, 1.54) is 12.0 Å². The minimum Gasteiger partial charge on any atom is -0.494 e. The first-order valence-electron chi connectivity index (χ1n) is 9.39. The fourth-order valence-corrected chi connectivity index (χ4v) is 3.42. The molecular weight excluding hydrogens is 394 g/mol. The molecule has 8 nitrogen and oxygen atoms in total. The van der Waals surface area contributed by atoms with Crippen molar-refractivity contribution < 1.29 is 14.3 Å². The van der Waals surface area contributed by atoms with E-state index in [1.807, 2.05) is 28.7 Å². The Hall–Kier alpha value is -4.38. The number of hydrogen-bond acceptors (Lipinski definition) is 6. The third-order valence-electron chi connectivity index (χ3n) is 5.02. The minimum absolute atomic E-state index is 0.464. The van der Waals surface area contributed by atoms with Crippen LogP contribution in [0.4, 0.5) is 10.6 Å². The smallest absolute Gasteiger partial charge is 0.414 e. The van der Waals surface area contributed by atoms with Crippen molar-refractivity contribution in [3.63, 3.8) is 0 Å². The van der Waals surface area contributed by atoms with Crippen LogP contribution in [0.5, 0.6) is 5.75 Å². The first-order valence-corrected chi connectivity index (χ1v) is 9.39. The van der Waals surface area contributed by atoms with E-state index in [9.17, 15) is 4.79 Å². The molecule has 1 aromatic carbocycles. The third kappa shape index (κ3) is 3.53. The highest BCUT2D eigenvalue weighted by atomic mass is 16.5. The second-order valence-electron chi connectivity index (χ2n) is 6.75. The lowest BCUT2D eigenvalue weighted by molar-refractivity contribution is 0.180. The Bertz CT molecular complexity index is 1290. The second-order valence-corrected chi connectivity index (χ2v) is 6.75. The van der Waals surface area contributed by atoms with Crippen LogP contribution in [0.3, 0.4) is 0 Å². The van der Waals surface area contributed by atoms with E-state index in [4.69, 9.17) is 14.7 Å². The van der Waals surface area contributed by atoms with Crippen molar-refractivity contribution in [3.8, 4) is 34.2 Å². The average molecular weight is 413 g/mol. The number of imidazole rings is 1. The number of fused-ring (bicyclic) bond motifs is 1. The van der Waals surface area contributed by atoms with E-state index in [0.717, 1.165) is 27.9 Å². The van der Waals surface area contributed by atoms with Crippen LogP contribution in [-0.4, -0.2) is 41.7 Å². The molecule has 0 spiro atoms. The monoisotopic (exact) mass is 413 g/mol. The Kier molecular flexibility index (Phi) is 5.24. The van der Waals surface area contributed by atoms with Gasteiger partial charge in [-0.15, -0.1) is 0 Å². The second kappa shape index (κ2) is 8.16. The molecule has 4 rings (SSSR count). The van der Waals surface area contributed by atoms with Crippen molar-refractivity contribution in [3.05, 3.63) is 66.7 Å². The van der Waals surface area contributed by atoms with Gasteiger partial charge in [-0.25, -0.2) is 14.8 Å². The molecule has 0 saturated heterocycles. The number of nitrogens with zero attached hydrogens (tertiary/aromatic N) is 5. The van der Waals surface area contributed by atoms with Crippen LogP contribution in [0.15, 0.2) is 61.2 Å². The summed E-state index contributed by atoms with van der Waals surface area (Å²) in [6, 6.07) is 15.1. The summed E-state index contributed by atoms with van der Waals surface area (Å²) < 4.78 is 12.3. The number of hydrogen-bond donors (Lipinski definition) is 0. The highest BCUT2D eigenvalue weighted by Crippen LogP contribution is 2.37. The van der Waals surface area contributed by atoms with E-state index in [-0.39, 0.29) is 0 Å². The van der Waals surface area contributed by atoms with Crippen LogP contribution >= 0.6 is 0 Å². The molecular formula is C23H19N5O3. The molecule has 0 aliphatic rings. The van der Waals surface area contributed by atoms with Crippen molar-refractivity contribution in [1.82, 2.24) is 14.4 Å². The van der Waals surface area contributed by atoms with Crippen LogP contribution in [0.25, 0.3) is 27.9 Å². The maximum Gasteiger partial charge on any atom is 0.414 e. The normalized spacial score (nSPS) is 10.5. The number of carbonyl (C=O) groups excluding carboxylic acids is 1. The summed E-state index contributed by atoms with van der Waals surface area (Å²) in [5.74, 6) is 1.14. The van der Waals surface area contributed by atoms with Gasteiger partial charge < -0.3 is 9.47 Å². The van der Waals surface area contributed by atoms with Gasteiger partial charge in [-0.05, 0) is 35.9 Å². The van der Waals surface area contributed by atoms with Crippen molar-refractivity contribution in [1.29, 1.82) is 5.26 Å². The van der Waals surface area contributed by atoms with Gasteiger partial charge in [-0.3, -0.25) is 9.30 Å². The van der Waals surface area contributed by atoms with Crippen molar-refractivity contribution in [2.24, 2.45) is 0 Å². The number of anilines is 1. The van der Waals surface area contributed by atoms with Gasteiger partial charge in [0.2, 0.25) is 0 Å². The molecule has 0 radical (unpaired) electrons. The summed E-state index contributed by atoms with van der Waals surface area (Å²) in [7, 11) is 4.53. The molecule has 4 aromatic rings. The Labute approximate surface area is 178 Å². The standard InChI is InChI=1S/C23H19N5O3/c1-27(23(29)31-3)21-9-8-17(12-26-21)22-18(16-6-4-15(11-24)5-7-16)10-20(30-2)19-13-25-14-28(19)22/h4-10,12-14H,1-3H3. The Morgan fingerprint density at radius 2 is 1.84 bits per heavy atom. The van der Waals surface area contributed by atoms with Crippen LogP contribution in [0.1, 0.15) is 5.56 Å². The first kappa shape index (κ1) is 19.9. The molecule has 0 atom stereocenters. The lowest BCUT2D eigenvalue weighted by atomic mass is 9.98. The van der Waals surface area contributed by atoms with E-state index < -0.39 is 6.09 Å². The Morgan fingerprint density at radius 1 is 1.10 bits per heavy atom. The number of benzene rings is 1. The number of ether oxygens (including phenoxy) is 2. The van der Waals surface area contributed by atoms with E-state index >= 15 is 0 Å². The first-order chi connectivity index (χ1) is 15.1. The van der Waals surface area contributed by atoms with Crippen LogP contribution in [0.2, 0.25) is 0 Å². The number of pyridine rings is 2. The highest BCUT2D eigenvalue weighted by molar-refractivity contribution is 5.88. The number of rotatable bonds is 4. The summed E-state index contributed by atoms with van der Waals surface area (Å²) in [5, 5.41) is 9.13. The molecule has 0 aliphatic carbocycles. The third-order valence-corrected chi connectivity index (χ3v) is 5.02. The molecule has 0 aliphatic heterocycles. The average Bonchev–Trinajstić information content (AvgIpc) is 3.32. The predicted molar refractivity (Wildman–Crippen MR) is 116 cm³/mol. The number of amides is 1. The van der Waals surface area contributed by atoms with Crippen molar-refractivity contribution >= 4 is 17.4 Å². The molecule has 0 saturated carbocycles. The summed E-state index contributed by atoms with van der Waals surface area (Å²) in [6.07, 6.45) is 4.65. The number of carbonyl (C=O) groups is 1. The predicted octanol–water partition coefficient (Wildman–Crippen LogP) is 4.15. The molecule has 8 heteroatoms. The van der Waals surface area contributed by atoms with Gasteiger partial charge in [0, 0.05) is 24.4 Å². The summed E-state index contributed by atoms with van der Waals surface area (Å²) in [5.41, 5.74) is 4.88. The highest BCUT2D eigenvalue weighted by Gasteiger charge is 2.18. The topological polar surface area (TPSA) is 92.8 Å². The van der Waals surface area contributed by atoms with Crippen LogP contribution in [0, 0.1) is 11.3 Å². The fourth-order valence-electron chi connectivity index (χ4n) is 3.42. The van der Waals surface area contributed by atoms with Gasteiger partial charge in [0.05, 0.1) is 44.1 Å². The lowest BCUT2D eigenvalue weighted by Crippen LogP contribution is -2.26. The van der Waals surface area contributed by atoms with Crippen LogP contribution in [-0.2, 0) is 4.74 Å². The largest absolute Gasteiger partial charge is 0.494 e. The maximum atomic E-state index is 11.8. The van der Waals surface area contributed by atoms with E-state index in [1.54, 1.807) is 51.1 Å². The van der Waals surface area contributed by atoms with Gasteiger partial charge in [0.25, 0.3) is 0 Å². The Morgan fingerprint density at radius 3 is 2.45 bits per heavy atom. The van der Waals surface area contributed by atoms with Gasteiger partial charge in [-0.2, -0.15) is 5.26 Å². The molecule has 3 heterocycles. The number of aromatic nitrogens is 3. The molecule has 1 amide bonds.